The van der Waals surface area contributed by atoms with Crippen molar-refractivity contribution in [3.05, 3.63) is 20.6 Å². The SMILES string of the molecule is Brc1coc(I)c1. The summed E-state index contributed by atoms with van der Waals surface area (Å²) in [5, 5.41) is 0. The second-order valence-corrected chi connectivity index (χ2v) is 3.05. The van der Waals surface area contributed by atoms with Crippen LogP contribution in [0.15, 0.2) is 21.2 Å². The van der Waals surface area contributed by atoms with E-state index < -0.39 is 0 Å². The van der Waals surface area contributed by atoms with Gasteiger partial charge in [0, 0.05) is 6.07 Å². The topological polar surface area (TPSA) is 13.1 Å². The average molecular weight is 273 g/mol. The van der Waals surface area contributed by atoms with Gasteiger partial charge < -0.3 is 4.42 Å². The molecule has 0 fully saturated rings. The monoisotopic (exact) mass is 272 g/mol. The van der Waals surface area contributed by atoms with Crippen molar-refractivity contribution in [2.24, 2.45) is 0 Å². The second-order valence-electron chi connectivity index (χ2n) is 1.07. The lowest BCUT2D eigenvalue weighted by atomic mass is 10.7. The zero-order valence-electron chi connectivity index (χ0n) is 3.32. The third-order valence-corrected chi connectivity index (χ3v) is 1.52. The Morgan fingerprint density at radius 2 is 2.43 bits per heavy atom. The zero-order chi connectivity index (χ0) is 5.28. The molecule has 0 aliphatic heterocycles. The molecule has 0 bridgehead atoms. The molecule has 0 aromatic carbocycles. The summed E-state index contributed by atoms with van der Waals surface area (Å²) in [6.07, 6.45) is 1.65. The quantitative estimate of drug-likeness (QED) is 0.662. The number of halogens is 2. The summed E-state index contributed by atoms with van der Waals surface area (Å²) in [7, 11) is 0. The summed E-state index contributed by atoms with van der Waals surface area (Å²) in [5.74, 6) is 0. The minimum absolute atomic E-state index is 0.907. The fourth-order valence-electron chi connectivity index (χ4n) is 0.289. The Balaban J connectivity index is 3.04. The molecule has 0 atom stereocenters. The summed E-state index contributed by atoms with van der Waals surface area (Å²) < 4.78 is 6.81. The Kier molecular flexibility index (Phi) is 1.74. The van der Waals surface area contributed by atoms with E-state index in [1.807, 2.05) is 6.07 Å². The first-order chi connectivity index (χ1) is 3.29. The summed E-state index contributed by atoms with van der Waals surface area (Å²) in [6.45, 7) is 0. The fraction of sp³-hybridized carbons (Fsp3) is 0. The molecule has 1 rings (SSSR count). The predicted octanol–water partition coefficient (Wildman–Crippen LogP) is 2.65. The van der Waals surface area contributed by atoms with Crippen LogP contribution in [0.1, 0.15) is 0 Å². The van der Waals surface area contributed by atoms with Gasteiger partial charge in [-0.05, 0) is 38.5 Å². The van der Waals surface area contributed by atoms with Gasteiger partial charge in [0.05, 0.1) is 4.47 Å². The smallest absolute Gasteiger partial charge is 0.164 e. The van der Waals surface area contributed by atoms with Crippen molar-refractivity contribution in [3.8, 4) is 0 Å². The molecule has 0 N–H and O–H groups in total. The van der Waals surface area contributed by atoms with Crippen LogP contribution in [0.2, 0.25) is 0 Å². The highest BCUT2D eigenvalue weighted by atomic mass is 127. The molecule has 7 heavy (non-hydrogen) atoms. The molecule has 1 heterocycles. The number of hydrogen-bond donors (Lipinski definition) is 0. The summed E-state index contributed by atoms with van der Waals surface area (Å²) in [4.78, 5) is 0. The van der Waals surface area contributed by atoms with Crippen LogP contribution in [0.3, 0.4) is 0 Å². The van der Waals surface area contributed by atoms with Gasteiger partial charge in [0.25, 0.3) is 0 Å². The molecule has 38 valence electrons. The molecule has 0 unspecified atom stereocenters. The van der Waals surface area contributed by atoms with Crippen LogP contribution in [-0.2, 0) is 0 Å². The maximum atomic E-state index is 4.90. The molecule has 0 aliphatic rings. The Labute approximate surface area is 63.4 Å². The Morgan fingerprint density at radius 3 is 2.57 bits per heavy atom. The fourth-order valence-corrected chi connectivity index (χ4v) is 1.48. The minimum Gasteiger partial charge on any atom is -0.457 e. The summed E-state index contributed by atoms with van der Waals surface area (Å²) in [5.41, 5.74) is 0. The second kappa shape index (κ2) is 2.17. The summed E-state index contributed by atoms with van der Waals surface area (Å²) in [6, 6.07) is 1.90. The number of furan rings is 1. The van der Waals surface area contributed by atoms with Crippen molar-refractivity contribution in [1.82, 2.24) is 0 Å². The van der Waals surface area contributed by atoms with Gasteiger partial charge in [-0.1, -0.05) is 0 Å². The van der Waals surface area contributed by atoms with E-state index in [0.29, 0.717) is 0 Å². The Bertz CT molecular complexity index is 144. The summed E-state index contributed by atoms with van der Waals surface area (Å²) >= 11 is 5.34. The van der Waals surface area contributed by atoms with Gasteiger partial charge in [-0.15, -0.1) is 0 Å². The van der Waals surface area contributed by atoms with Gasteiger partial charge in [-0.3, -0.25) is 0 Å². The van der Waals surface area contributed by atoms with Gasteiger partial charge in [0.15, 0.2) is 3.77 Å². The lowest BCUT2D eigenvalue weighted by molar-refractivity contribution is 0.537. The predicted molar refractivity (Wildman–Crippen MR) is 39.1 cm³/mol. The van der Waals surface area contributed by atoms with Crippen molar-refractivity contribution in [2.45, 2.75) is 0 Å². The average Bonchev–Trinajstić information content (AvgIpc) is 1.87. The van der Waals surface area contributed by atoms with Gasteiger partial charge in [0.2, 0.25) is 0 Å². The Morgan fingerprint density at radius 1 is 1.71 bits per heavy atom. The van der Waals surface area contributed by atoms with E-state index in [1.165, 1.54) is 0 Å². The lowest BCUT2D eigenvalue weighted by Crippen LogP contribution is -1.46. The van der Waals surface area contributed by atoms with Crippen LogP contribution in [0, 0.1) is 3.77 Å². The molecular formula is C4H2BrIO. The molecule has 0 radical (unpaired) electrons. The van der Waals surface area contributed by atoms with Crippen LogP contribution in [0.25, 0.3) is 0 Å². The normalized spacial score (nSPS) is 9.43. The third-order valence-electron chi connectivity index (χ3n) is 0.535. The minimum atomic E-state index is 0.907. The first-order valence-electron chi connectivity index (χ1n) is 1.68. The molecule has 0 spiro atoms. The van der Waals surface area contributed by atoms with E-state index in [9.17, 15) is 0 Å². The highest BCUT2D eigenvalue weighted by molar-refractivity contribution is 14.1. The molecule has 3 heteroatoms. The van der Waals surface area contributed by atoms with Crippen LogP contribution < -0.4 is 0 Å². The van der Waals surface area contributed by atoms with E-state index in [-0.39, 0.29) is 0 Å². The zero-order valence-corrected chi connectivity index (χ0v) is 7.06. The van der Waals surface area contributed by atoms with E-state index in [2.05, 4.69) is 38.5 Å². The maximum Gasteiger partial charge on any atom is 0.164 e. The molecule has 1 aromatic heterocycles. The van der Waals surface area contributed by atoms with Crippen LogP contribution in [-0.4, -0.2) is 0 Å². The van der Waals surface area contributed by atoms with Crippen molar-refractivity contribution in [3.63, 3.8) is 0 Å². The van der Waals surface area contributed by atoms with Crippen molar-refractivity contribution in [2.75, 3.05) is 0 Å². The number of hydrogen-bond acceptors (Lipinski definition) is 1. The van der Waals surface area contributed by atoms with E-state index in [4.69, 9.17) is 4.42 Å². The van der Waals surface area contributed by atoms with Crippen molar-refractivity contribution in [1.29, 1.82) is 0 Å². The largest absolute Gasteiger partial charge is 0.457 e. The van der Waals surface area contributed by atoms with E-state index >= 15 is 0 Å². The number of rotatable bonds is 0. The highest BCUT2D eigenvalue weighted by Crippen LogP contribution is 2.14. The first kappa shape index (κ1) is 5.62. The van der Waals surface area contributed by atoms with Gasteiger partial charge in [-0.25, -0.2) is 0 Å². The molecule has 1 aromatic rings. The van der Waals surface area contributed by atoms with E-state index in [0.717, 1.165) is 8.24 Å². The van der Waals surface area contributed by atoms with Gasteiger partial charge >= 0.3 is 0 Å². The Hall–Kier alpha value is 0.490. The van der Waals surface area contributed by atoms with Gasteiger partial charge in [0.1, 0.15) is 6.26 Å². The standard InChI is InChI=1S/C4H2BrIO/c5-3-1-4(6)7-2-3/h1-2H. The highest BCUT2D eigenvalue weighted by Gasteiger charge is 1.89. The lowest BCUT2D eigenvalue weighted by Gasteiger charge is -1.66. The molecular weight excluding hydrogens is 271 g/mol. The van der Waals surface area contributed by atoms with Gasteiger partial charge in [-0.2, -0.15) is 0 Å². The molecule has 0 saturated heterocycles. The molecule has 0 amide bonds. The molecule has 0 saturated carbocycles. The van der Waals surface area contributed by atoms with Crippen LogP contribution in [0.5, 0.6) is 0 Å². The first-order valence-corrected chi connectivity index (χ1v) is 3.56. The molecule has 1 nitrogen and oxygen atoms in total. The molecule has 0 aliphatic carbocycles. The van der Waals surface area contributed by atoms with Crippen molar-refractivity contribution < 1.29 is 4.42 Å². The van der Waals surface area contributed by atoms with Crippen molar-refractivity contribution >= 4 is 38.5 Å². The van der Waals surface area contributed by atoms with Crippen LogP contribution >= 0.6 is 38.5 Å². The third kappa shape index (κ3) is 1.45. The maximum absolute atomic E-state index is 4.90. The van der Waals surface area contributed by atoms with E-state index in [1.54, 1.807) is 6.26 Å². The van der Waals surface area contributed by atoms with Crippen LogP contribution in [0.4, 0.5) is 0 Å².